The van der Waals surface area contributed by atoms with Crippen LogP contribution in [0, 0.1) is 6.92 Å². The van der Waals surface area contributed by atoms with E-state index in [9.17, 15) is 13.2 Å². The van der Waals surface area contributed by atoms with Gasteiger partial charge in [0.25, 0.3) is 5.91 Å². The molecule has 2 heterocycles. The minimum absolute atomic E-state index is 0.142. The van der Waals surface area contributed by atoms with Crippen LogP contribution < -0.4 is 10.0 Å². The number of anilines is 1. The van der Waals surface area contributed by atoms with Crippen LogP contribution >= 0.6 is 0 Å². The Hall–Kier alpha value is -2.38. The molecule has 0 saturated heterocycles. The largest absolute Gasteiger partial charge is 0.358 e. The minimum atomic E-state index is -3.57. The number of carbonyl (C=O) groups is 1. The number of benzene rings is 1. The van der Waals surface area contributed by atoms with E-state index >= 15 is 0 Å². The molecule has 2 aromatic rings. The zero-order chi connectivity index (χ0) is 18.5. The SMILES string of the molecule is CNS(=O)(=O)c1ccc2c(c1)C(=Cc1[nH]c3c(c1C)CCCC3)C(=O)N2. The number of amides is 1. The maximum absolute atomic E-state index is 12.5. The van der Waals surface area contributed by atoms with E-state index in [0.717, 1.165) is 18.5 Å². The van der Waals surface area contributed by atoms with Gasteiger partial charge in [0.1, 0.15) is 0 Å². The van der Waals surface area contributed by atoms with Crippen molar-refractivity contribution < 1.29 is 13.2 Å². The van der Waals surface area contributed by atoms with Crippen molar-refractivity contribution in [3.8, 4) is 0 Å². The Morgan fingerprint density at radius 3 is 2.69 bits per heavy atom. The van der Waals surface area contributed by atoms with Crippen LogP contribution in [0.25, 0.3) is 11.6 Å². The van der Waals surface area contributed by atoms with E-state index in [1.165, 1.54) is 42.8 Å². The topological polar surface area (TPSA) is 91.1 Å². The maximum atomic E-state index is 12.5. The third-order valence-corrected chi connectivity index (χ3v) is 6.66. The standard InChI is InChI=1S/C19H21N3O3S/c1-11-13-5-3-4-6-16(13)21-18(11)10-15-14-9-12(26(24,25)20-2)7-8-17(14)22-19(15)23/h7-10,20-21H,3-6H2,1-2H3,(H,22,23). The number of hydrogen-bond acceptors (Lipinski definition) is 3. The van der Waals surface area contributed by atoms with Gasteiger partial charge in [-0.25, -0.2) is 13.1 Å². The van der Waals surface area contributed by atoms with Crippen molar-refractivity contribution in [1.29, 1.82) is 0 Å². The van der Waals surface area contributed by atoms with Crippen molar-refractivity contribution in [1.82, 2.24) is 9.71 Å². The Morgan fingerprint density at radius 2 is 1.96 bits per heavy atom. The average molecular weight is 371 g/mol. The molecule has 0 atom stereocenters. The number of sulfonamides is 1. The van der Waals surface area contributed by atoms with Crippen LogP contribution in [0.1, 0.15) is 40.9 Å². The Bertz CT molecular complexity index is 1050. The maximum Gasteiger partial charge on any atom is 0.256 e. The van der Waals surface area contributed by atoms with Crippen molar-refractivity contribution in [2.45, 2.75) is 37.5 Å². The first-order valence-corrected chi connectivity index (χ1v) is 10.2. The van der Waals surface area contributed by atoms with Crippen molar-refractivity contribution >= 4 is 33.3 Å². The first-order valence-electron chi connectivity index (χ1n) is 8.72. The van der Waals surface area contributed by atoms with Gasteiger partial charge >= 0.3 is 0 Å². The van der Waals surface area contributed by atoms with E-state index in [2.05, 4.69) is 21.9 Å². The summed E-state index contributed by atoms with van der Waals surface area (Å²) in [5.74, 6) is -0.217. The minimum Gasteiger partial charge on any atom is -0.358 e. The highest BCUT2D eigenvalue weighted by Crippen LogP contribution is 2.36. The van der Waals surface area contributed by atoms with Gasteiger partial charge in [0.05, 0.1) is 10.5 Å². The highest BCUT2D eigenvalue weighted by atomic mass is 32.2. The molecular formula is C19H21N3O3S. The molecule has 0 spiro atoms. The van der Waals surface area contributed by atoms with Crippen molar-refractivity contribution in [2.75, 3.05) is 12.4 Å². The first-order chi connectivity index (χ1) is 12.4. The van der Waals surface area contributed by atoms with Crippen LogP contribution in [0.4, 0.5) is 5.69 Å². The predicted molar refractivity (Wildman–Crippen MR) is 101 cm³/mol. The van der Waals surface area contributed by atoms with Gasteiger partial charge in [0, 0.05) is 22.6 Å². The normalized spacial score (nSPS) is 17.9. The lowest BCUT2D eigenvalue weighted by Gasteiger charge is -2.10. The van der Waals surface area contributed by atoms with Gasteiger partial charge in [-0.2, -0.15) is 0 Å². The second-order valence-corrected chi connectivity index (χ2v) is 8.64. The summed E-state index contributed by atoms with van der Waals surface area (Å²) in [7, 11) is -2.20. The molecule has 2 aliphatic rings. The Morgan fingerprint density at radius 1 is 1.19 bits per heavy atom. The van der Waals surface area contributed by atoms with Crippen LogP contribution in [-0.2, 0) is 27.7 Å². The van der Waals surface area contributed by atoms with Gasteiger partial charge in [0.15, 0.2) is 0 Å². The number of H-pyrrole nitrogens is 1. The summed E-state index contributed by atoms with van der Waals surface area (Å²) in [4.78, 5) is 16.1. The number of nitrogens with one attached hydrogen (secondary N) is 3. The van der Waals surface area contributed by atoms with Crippen molar-refractivity contribution in [3.63, 3.8) is 0 Å². The fourth-order valence-corrected chi connectivity index (χ4v) is 4.52. The summed E-state index contributed by atoms with van der Waals surface area (Å²) < 4.78 is 26.5. The van der Waals surface area contributed by atoms with Crippen LogP contribution in [-0.4, -0.2) is 26.4 Å². The van der Waals surface area contributed by atoms with Crippen LogP contribution in [0.15, 0.2) is 23.1 Å². The fourth-order valence-electron chi connectivity index (χ4n) is 3.76. The summed E-state index contributed by atoms with van der Waals surface area (Å²) in [5.41, 5.74) is 6.43. The lowest BCUT2D eigenvalue weighted by atomic mass is 9.95. The first kappa shape index (κ1) is 17.1. The molecule has 1 aliphatic heterocycles. The third-order valence-electron chi connectivity index (χ3n) is 5.25. The Kier molecular flexibility index (Phi) is 4.00. The van der Waals surface area contributed by atoms with E-state index < -0.39 is 10.0 Å². The molecule has 1 aromatic carbocycles. The highest BCUT2D eigenvalue weighted by molar-refractivity contribution is 7.89. The molecular weight excluding hydrogens is 350 g/mol. The van der Waals surface area contributed by atoms with E-state index in [1.54, 1.807) is 12.1 Å². The van der Waals surface area contributed by atoms with Crippen LogP contribution in [0.3, 0.4) is 0 Å². The molecule has 0 unspecified atom stereocenters. The number of hydrogen-bond donors (Lipinski definition) is 3. The van der Waals surface area contributed by atoms with E-state index in [4.69, 9.17) is 0 Å². The number of aryl methyl sites for hydroxylation is 1. The zero-order valence-corrected chi connectivity index (χ0v) is 15.6. The fraction of sp³-hybridized carbons (Fsp3) is 0.316. The third kappa shape index (κ3) is 2.68. The molecule has 7 heteroatoms. The summed E-state index contributed by atoms with van der Waals surface area (Å²) in [6.07, 6.45) is 6.30. The van der Waals surface area contributed by atoms with Crippen LogP contribution in [0.2, 0.25) is 0 Å². The number of aromatic nitrogens is 1. The molecule has 1 aromatic heterocycles. The average Bonchev–Trinajstić information content (AvgIpc) is 3.12. The van der Waals surface area contributed by atoms with E-state index in [1.807, 2.05) is 6.08 Å². The molecule has 26 heavy (non-hydrogen) atoms. The summed E-state index contributed by atoms with van der Waals surface area (Å²) in [6, 6.07) is 4.67. The number of rotatable bonds is 3. The second-order valence-electron chi connectivity index (χ2n) is 6.75. The van der Waals surface area contributed by atoms with E-state index in [-0.39, 0.29) is 10.8 Å². The van der Waals surface area contributed by atoms with Gasteiger partial charge in [-0.1, -0.05) is 0 Å². The van der Waals surface area contributed by atoms with Gasteiger partial charge < -0.3 is 10.3 Å². The van der Waals surface area contributed by atoms with Gasteiger partial charge in [-0.3, -0.25) is 4.79 Å². The van der Waals surface area contributed by atoms with Crippen molar-refractivity contribution in [2.24, 2.45) is 0 Å². The van der Waals surface area contributed by atoms with Crippen LogP contribution in [0.5, 0.6) is 0 Å². The molecule has 1 aliphatic carbocycles. The molecule has 3 N–H and O–H groups in total. The molecule has 0 radical (unpaired) electrons. The number of carbonyl (C=O) groups excluding carboxylic acids is 1. The molecule has 6 nitrogen and oxygen atoms in total. The summed E-state index contributed by atoms with van der Waals surface area (Å²) >= 11 is 0. The van der Waals surface area contributed by atoms with E-state index in [0.29, 0.717) is 16.8 Å². The highest BCUT2D eigenvalue weighted by Gasteiger charge is 2.27. The Labute approximate surface area is 152 Å². The van der Waals surface area contributed by atoms with Gasteiger partial charge in [-0.05, 0) is 75.1 Å². The Balaban J connectivity index is 1.82. The molecule has 136 valence electrons. The molecule has 0 fully saturated rings. The molecule has 4 rings (SSSR count). The quantitative estimate of drug-likeness (QED) is 0.724. The van der Waals surface area contributed by atoms with Gasteiger partial charge in [-0.15, -0.1) is 0 Å². The number of aromatic amines is 1. The molecule has 0 saturated carbocycles. The summed E-state index contributed by atoms with van der Waals surface area (Å²) in [6.45, 7) is 2.07. The number of fused-ring (bicyclic) bond motifs is 2. The lowest BCUT2D eigenvalue weighted by molar-refractivity contribution is -0.110. The predicted octanol–water partition coefficient (Wildman–Crippen LogP) is 2.60. The molecule has 1 amide bonds. The van der Waals surface area contributed by atoms with Crippen molar-refractivity contribution in [3.05, 3.63) is 46.3 Å². The lowest BCUT2D eigenvalue weighted by Crippen LogP contribution is -2.18. The monoisotopic (exact) mass is 371 g/mol. The second kappa shape index (κ2) is 6.10. The van der Waals surface area contributed by atoms with Gasteiger partial charge in [0.2, 0.25) is 10.0 Å². The smallest absolute Gasteiger partial charge is 0.256 e. The zero-order valence-electron chi connectivity index (χ0n) is 14.8. The molecule has 0 bridgehead atoms. The summed E-state index contributed by atoms with van der Waals surface area (Å²) in [5, 5.41) is 2.81.